The van der Waals surface area contributed by atoms with Gasteiger partial charge in [-0.15, -0.1) is 0 Å². The fourth-order valence-corrected chi connectivity index (χ4v) is 3.73. The maximum Gasteiger partial charge on any atom is 0.211 e. The zero-order chi connectivity index (χ0) is 14.2. The molecule has 0 N–H and O–H groups in total. The van der Waals surface area contributed by atoms with Crippen LogP contribution in [0.2, 0.25) is 0 Å². The van der Waals surface area contributed by atoms with Crippen molar-refractivity contribution in [2.75, 3.05) is 19.3 Å². The lowest BCUT2D eigenvalue weighted by Gasteiger charge is -2.30. The summed E-state index contributed by atoms with van der Waals surface area (Å²) in [6.07, 6.45) is 5.00. The number of nitrogens with zero attached hydrogens (tertiary/aromatic N) is 3. The number of fused-ring (bicyclic) bond motifs is 1. The van der Waals surface area contributed by atoms with Crippen LogP contribution in [0.25, 0.3) is 11.0 Å². The molecule has 2 aromatic rings. The third-order valence-corrected chi connectivity index (χ3v) is 5.33. The molecule has 20 heavy (non-hydrogen) atoms. The summed E-state index contributed by atoms with van der Waals surface area (Å²) in [5.74, 6) is 0.519. The standard InChI is InChI=1S/C14H19N3O2S/c1-20(18,19)17-8-6-12(7-9-17)10-16-11-15-13-4-2-3-5-14(13)16/h2-5,11-12H,6-10H2,1H3. The average Bonchev–Trinajstić information content (AvgIpc) is 2.82. The van der Waals surface area contributed by atoms with Crippen LogP contribution in [0, 0.1) is 5.92 Å². The van der Waals surface area contributed by atoms with Gasteiger partial charge in [0.1, 0.15) is 0 Å². The van der Waals surface area contributed by atoms with Crippen molar-refractivity contribution in [1.82, 2.24) is 13.9 Å². The van der Waals surface area contributed by atoms with Crippen LogP contribution in [0.1, 0.15) is 12.8 Å². The molecule has 6 heteroatoms. The highest BCUT2D eigenvalue weighted by molar-refractivity contribution is 7.88. The van der Waals surface area contributed by atoms with E-state index in [2.05, 4.69) is 15.6 Å². The second-order valence-corrected chi connectivity index (χ2v) is 7.47. The van der Waals surface area contributed by atoms with E-state index in [0.29, 0.717) is 19.0 Å². The van der Waals surface area contributed by atoms with Crippen LogP contribution in [0.5, 0.6) is 0 Å². The van der Waals surface area contributed by atoms with Crippen LogP contribution in [0.3, 0.4) is 0 Å². The third kappa shape index (κ3) is 2.71. The van der Waals surface area contributed by atoms with Crippen molar-refractivity contribution in [3.05, 3.63) is 30.6 Å². The van der Waals surface area contributed by atoms with Crippen molar-refractivity contribution in [2.45, 2.75) is 19.4 Å². The third-order valence-electron chi connectivity index (χ3n) is 4.02. The first-order valence-corrected chi connectivity index (χ1v) is 8.74. The van der Waals surface area contributed by atoms with Gasteiger partial charge in [-0.3, -0.25) is 0 Å². The van der Waals surface area contributed by atoms with Crippen LogP contribution in [-0.4, -0.2) is 41.6 Å². The first-order valence-electron chi connectivity index (χ1n) is 6.89. The van der Waals surface area contributed by atoms with Crippen molar-refractivity contribution in [2.24, 2.45) is 5.92 Å². The molecule has 0 unspecified atom stereocenters. The molecule has 0 atom stereocenters. The predicted octanol–water partition coefficient (Wildman–Crippen LogP) is 1.71. The van der Waals surface area contributed by atoms with Gasteiger partial charge >= 0.3 is 0 Å². The Morgan fingerprint density at radius 2 is 1.95 bits per heavy atom. The number of piperidine rings is 1. The maximum absolute atomic E-state index is 11.5. The highest BCUT2D eigenvalue weighted by Crippen LogP contribution is 2.22. The number of hydrogen-bond acceptors (Lipinski definition) is 3. The molecule has 2 heterocycles. The van der Waals surface area contributed by atoms with Gasteiger partial charge < -0.3 is 4.57 Å². The van der Waals surface area contributed by atoms with E-state index in [-0.39, 0.29) is 0 Å². The number of benzene rings is 1. The molecule has 3 rings (SSSR count). The minimum atomic E-state index is -3.03. The smallest absolute Gasteiger partial charge is 0.211 e. The SMILES string of the molecule is CS(=O)(=O)N1CCC(Cn2cnc3ccccc32)CC1. The summed E-state index contributed by atoms with van der Waals surface area (Å²) in [4.78, 5) is 4.40. The maximum atomic E-state index is 11.5. The average molecular weight is 293 g/mol. The molecule has 1 aromatic carbocycles. The van der Waals surface area contributed by atoms with E-state index in [1.165, 1.54) is 6.26 Å². The van der Waals surface area contributed by atoms with Gasteiger partial charge in [-0.1, -0.05) is 12.1 Å². The molecule has 5 nitrogen and oxygen atoms in total. The van der Waals surface area contributed by atoms with Gasteiger partial charge in [0.25, 0.3) is 0 Å². The summed E-state index contributed by atoms with van der Waals surface area (Å²) in [7, 11) is -3.03. The van der Waals surface area contributed by atoms with Crippen molar-refractivity contribution in [1.29, 1.82) is 0 Å². The van der Waals surface area contributed by atoms with Gasteiger partial charge in [0.05, 0.1) is 23.6 Å². The van der Waals surface area contributed by atoms with E-state index < -0.39 is 10.0 Å². The van der Waals surface area contributed by atoms with E-state index in [1.807, 2.05) is 24.5 Å². The Balaban J connectivity index is 1.68. The summed E-state index contributed by atoms with van der Waals surface area (Å²) in [6, 6.07) is 8.10. The molecule has 1 saturated heterocycles. The van der Waals surface area contributed by atoms with E-state index in [9.17, 15) is 8.42 Å². The fraction of sp³-hybridized carbons (Fsp3) is 0.500. The number of para-hydroxylation sites is 2. The topological polar surface area (TPSA) is 55.2 Å². The summed E-state index contributed by atoms with van der Waals surface area (Å²) in [5, 5.41) is 0. The molecule has 1 aromatic heterocycles. The molecule has 0 bridgehead atoms. The Morgan fingerprint density at radius 1 is 1.25 bits per heavy atom. The Bertz CT molecular complexity index is 700. The largest absolute Gasteiger partial charge is 0.330 e. The Kier molecular flexibility index (Phi) is 3.52. The molecule has 0 spiro atoms. The highest BCUT2D eigenvalue weighted by atomic mass is 32.2. The second-order valence-electron chi connectivity index (χ2n) is 5.49. The van der Waals surface area contributed by atoms with Crippen LogP contribution in [0.4, 0.5) is 0 Å². The fourth-order valence-electron chi connectivity index (χ4n) is 2.86. The first kappa shape index (κ1) is 13.6. The predicted molar refractivity (Wildman–Crippen MR) is 78.9 cm³/mol. The van der Waals surface area contributed by atoms with Crippen LogP contribution in [-0.2, 0) is 16.6 Å². The minimum Gasteiger partial charge on any atom is -0.330 e. The summed E-state index contributed by atoms with van der Waals surface area (Å²) in [5.41, 5.74) is 2.17. The Labute approximate surface area is 119 Å². The van der Waals surface area contributed by atoms with Crippen molar-refractivity contribution in [3.8, 4) is 0 Å². The number of hydrogen-bond donors (Lipinski definition) is 0. The zero-order valence-corrected chi connectivity index (χ0v) is 12.4. The first-order chi connectivity index (χ1) is 9.54. The molecule has 1 aliphatic rings. The lowest BCUT2D eigenvalue weighted by atomic mass is 9.98. The molecule has 1 fully saturated rings. The minimum absolute atomic E-state index is 0.519. The van der Waals surface area contributed by atoms with Gasteiger partial charge in [0.2, 0.25) is 10.0 Å². The number of sulfonamides is 1. The van der Waals surface area contributed by atoms with Crippen LogP contribution in [0.15, 0.2) is 30.6 Å². The van der Waals surface area contributed by atoms with Gasteiger partial charge in [0.15, 0.2) is 0 Å². The number of rotatable bonds is 3. The highest BCUT2D eigenvalue weighted by Gasteiger charge is 2.25. The lowest BCUT2D eigenvalue weighted by molar-refractivity contribution is 0.255. The molecular weight excluding hydrogens is 274 g/mol. The Morgan fingerprint density at radius 3 is 2.65 bits per heavy atom. The molecule has 0 amide bonds. The van der Waals surface area contributed by atoms with Gasteiger partial charge in [0, 0.05) is 19.6 Å². The van der Waals surface area contributed by atoms with E-state index in [4.69, 9.17) is 0 Å². The summed E-state index contributed by atoms with van der Waals surface area (Å²) >= 11 is 0. The number of aromatic nitrogens is 2. The number of imidazole rings is 1. The molecule has 108 valence electrons. The quantitative estimate of drug-likeness (QED) is 0.865. The van der Waals surface area contributed by atoms with Gasteiger partial charge in [-0.05, 0) is 30.9 Å². The van der Waals surface area contributed by atoms with Gasteiger partial charge in [-0.2, -0.15) is 0 Å². The molecule has 1 aliphatic heterocycles. The molecule has 0 aliphatic carbocycles. The van der Waals surface area contributed by atoms with E-state index in [0.717, 1.165) is 30.4 Å². The second kappa shape index (κ2) is 5.18. The normalized spacial score (nSPS) is 18.6. The monoisotopic (exact) mass is 293 g/mol. The van der Waals surface area contributed by atoms with E-state index in [1.54, 1.807) is 4.31 Å². The van der Waals surface area contributed by atoms with Crippen molar-refractivity contribution in [3.63, 3.8) is 0 Å². The van der Waals surface area contributed by atoms with Gasteiger partial charge in [-0.25, -0.2) is 17.7 Å². The summed E-state index contributed by atoms with van der Waals surface area (Å²) < 4.78 is 26.7. The van der Waals surface area contributed by atoms with Crippen LogP contribution < -0.4 is 0 Å². The zero-order valence-electron chi connectivity index (χ0n) is 11.6. The summed E-state index contributed by atoms with van der Waals surface area (Å²) in [6.45, 7) is 2.18. The van der Waals surface area contributed by atoms with Crippen molar-refractivity contribution < 1.29 is 8.42 Å². The molecule has 0 radical (unpaired) electrons. The lowest BCUT2D eigenvalue weighted by Crippen LogP contribution is -2.38. The molecular formula is C14H19N3O2S. The van der Waals surface area contributed by atoms with Crippen LogP contribution >= 0.6 is 0 Å². The molecule has 0 saturated carbocycles. The Hall–Kier alpha value is -1.40. The van der Waals surface area contributed by atoms with E-state index >= 15 is 0 Å². The van der Waals surface area contributed by atoms with Crippen molar-refractivity contribution >= 4 is 21.1 Å².